The molecule has 0 aliphatic carbocycles. The molecule has 1 aliphatic rings. The number of hydrogen-bond donors (Lipinski definition) is 1. The van der Waals surface area contributed by atoms with Gasteiger partial charge in [0.15, 0.2) is 0 Å². The maximum absolute atomic E-state index is 12.5. The molecule has 1 fully saturated rings. The Morgan fingerprint density at radius 3 is 2.77 bits per heavy atom. The van der Waals surface area contributed by atoms with Gasteiger partial charge in [0.2, 0.25) is 0 Å². The molecule has 1 atom stereocenters. The van der Waals surface area contributed by atoms with Gasteiger partial charge in [-0.15, -0.1) is 0 Å². The van der Waals surface area contributed by atoms with Crippen LogP contribution in [0.3, 0.4) is 0 Å². The Morgan fingerprint density at radius 1 is 1.18 bits per heavy atom. The zero-order valence-corrected chi connectivity index (χ0v) is 13.0. The van der Waals surface area contributed by atoms with Crippen molar-refractivity contribution in [3.8, 4) is 0 Å². The quantitative estimate of drug-likeness (QED) is 0.910. The van der Waals surface area contributed by atoms with E-state index >= 15 is 0 Å². The normalized spacial score (nSPS) is 17.5. The average molecular weight is 294 g/mol. The maximum atomic E-state index is 12.5. The highest BCUT2D eigenvalue weighted by Crippen LogP contribution is 2.32. The van der Waals surface area contributed by atoms with E-state index in [1.807, 2.05) is 35.2 Å². The van der Waals surface area contributed by atoms with Crippen LogP contribution in [-0.4, -0.2) is 17.5 Å². The van der Waals surface area contributed by atoms with Crippen LogP contribution < -0.4 is 5.32 Å². The molecule has 1 unspecified atom stereocenters. The second kappa shape index (κ2) is 6.65. The lowest BCUT2D eigenvalue weighted by Crippen LogP contribution is -2.39. The number of hydrogen-bond acceptors (Lipinski definition) is 1. The van der Waals surface area contributed by atoms with E-state index < -0.39 is 0 Å². The summed E-state index contributed by atoms with van der Waals surface area (Å²) in [5, 5.41) is 3.04. The summed E-state index contributed by atoms with van der Waals surface area (Å²) < 4.78 is 0. The number of carbonyl (C=O) groups excluding carboxylic acids is 1. The molecule has 2 aromatic carbocycles. The van der Waals surface area contributed by atoms with Crippen molar-refractivity contribution in [3.05, 3.63) is 71.3 Å². The minimum atomic E-state index is 0.0351. The molecule has 0 spiro atoms. The van der Waals surface area contributed by atoms with Gasteiger partial charge < -0.3 is 10.2 Å². The van der Waals surface area contributed by atoms with Crippen molar-refractivity contribution in [1.29, 1.82) is 0 Å². The van der Waals surface area contributed by atoms with Crippen molar-refractivity contribution in [2.75, 3.05) is 6.54 Å². The number of likely N-dealkylation sites (tertiary alicyclic amines) is 1. The lowest BCUT2D eigenvalue weighted by molar-refractivity contribution is 0.192. The standard InChI is InChI=1S/C19H22N2O/c1-15-7-5-10-17(13-15)18-11-6-12-21(18)19(22)20-14-16-8-3-2-4-9-16/h2-5,7-10,13,18H,6,11-12,14H2,1H3,(H,20,22). The molecule has 3 nitrogen and oxygen atoms in total. The van der Waals surface area contributed by atoms with Gasteiger partial charge in [-0.2, -0.15) is 0 Å². The summed E-state index contributed by atoms with van der Waals surface area (Å²) in [5.41, 5.74) is 3.61. The fraction of sp³-hybridized carbons (Fsp3) is 0.316. The second-order valence-corrected chi connectivity index (χ2v) is 5.91. The molecule has 22 heavy (non-hydrogen) atoms. The lowest BCUT2D eigenvalue weighted by Gasteiger charge is -2.25. The molecule has 2 amide bonds. The van der Waals surface area contributed by atoms with E-state index in [9.17, 15) is 4.79 Å². The molecule has 1 heterocycles. The molecule has 1 aliphatic heterocycles. The van der Waals surface area contributed by atoms with Gasteiger partial charge in [0.1, 0.15) is 0 Å². The minimum Gasteiger partial charge on any atom is -0.334 e. The third-order valence-corrected chi connectivity index (χ3v) is 4.23. The summed E-state index contributed by atoms with van der Waals surface area (Å²) in [6.45, 7) is 3.51. The summed E-state index contributed by atoms with van der Waals surface area (Å²) in [5.74, 6) is 0. The molecule has 1 N–H and O–H groups in total. The fourth-order valence-corrected chi connectivity index (χ4v) is 3.11. The van der Waals surface area contributed by atoms with E-state index in [2.05, 4.69) is 36.5 Å². The Balaban J connectivity index is 1.66. The SMILES string of the molecule is Cc1cccc(C2CCCN2C(=O)NCc2ccccc2)c1. The molecule has 0 radical (unpaired) electrons. The first kappa shape index (κ1) is 14.6. The van der Waals surface area contributed by atoms with Crippen LogP contribution in [0.4, 0.5) is 4.79 Å². The fourth-order valence-electron chi connectivity index (χ4n) is 3.11. The Hall–Kier alpha value is -2.29. The Morgan fingerprint density at radius 2 is 2.00 bits per heavy atom. The highest BCUT2D eigenvalue weighted by molar-refractivity contribution is 5.75. The molecule has 2 aromatic rings. The number of rotatable bonds is 3. The first-order valence-electron chi connectivity index (χ1n) is 7.89. The van der Waals surface area contributed by atoms with Gasteiger partial charge in [-0.05, 0) is 30.9 Å². The summed E-state index contributed by atoms with van der Waals surface area (Å²) in [4.78, 5) is 14.5. The molecule has 114 valence electrons. The molecule has 3 rings (SSSR count). The van der Waals surface area contributed by atoms with Gasteiger partial charge in [-0.1, -0.05) is 60.2 Å². The summed E-state index contributed by atoms with van der Waals surface area (Å²) >= 11 is 0. The molecule has 0 aromatic heterocycles. The molecule has 3 heteroatoms. The summed E-state index contributed by atoms with van der Waals surface area (Å²) in [6, 6.07) is 18.8. The van der Waals surface area contributed by atoms with Crippen molar-refractivity contribution in [2.45, 2.75) is 32.4 Å². The van der Waals surface area contributed by atoms with Crippen molar-refractivity contribution in [2.24, 2.45) is 0 Å². The molecular weight excluding hydrogens is 272 g/mol. The van der Waals surface area contributed by atoms with E-state index in [-0.39, 0.29) is 12.1 Å². The predicted octanol–water partition coefficient (Wildman–Crippen LogP) is 4.04. The van der Waals surface area contributed by atoms with Crippen LogP contribution in [0.1, 0.15) is 35.6 Å². The van der Waals surface area contributed by atoms with Gasteiger partial charge in [0.25, 0.3) is 0 Å². The number of aryl methyl sites for hydroxylation is 1. The largest absolute Gasteiger partial charge is 0.334 e. The molecule has 1 saturated heterocycles. The third-order valence-electron chi connectivity index (χ3n) is 4.23. The van der Waals surface area contributed by atoms with E-state index in [1.54, 1.807) is 0 Å². The summed E-state index contributed by atoms with van der Waals surface area (Å²) in [6.07, 6.45) is 2.11. The van der Waals surface area contributed by atoms with Crippen molar-refractivity contribution >= 4 is 6.03 Å². The number of nitrogens with zero attached hydrogens (tertiary/aromatic N) is 1. The van der Waals surface area contributed by atoms with Crippen molar-refractivity contribution in [3.63, 3.8) is 0 Å². The highest BCUT2D eigenvalue weighted by atomic mass is 16.2. The molecular formula is C19H22N2O. The highest BCUT2D eigenvalue weighted by Gasteiger charge is 2.29. The Labute approximate surface area is 132 Å². The van der Waals surface area contributed by atoms with Crippen LogP contribution in [-0.2, 0) is 6.54 Å². The van der Waals surface area contributed by atoms with Gasteiger partial charge >= 0.3 is 6.03 Å². The number of urea groups is 1. The van der Waals surface area contributed by atoms with Crippen LogP contribution in [0.2, 0.25) is 0 Å². The first-order chi connectivity index (χ1) is 10.7. The van der Waals surface area contributed by atoms with Gasteiger partial charge in [-0.25, -0.2) is 4.79 Å². The zero-order chi connectivity index (χ0) is 15.4. The van der Waals surface area contributed by atoms with Gasteiger partial charge in [0, 0.05) is 13.1 Å². The number of benzene rings is 2. The van der Waals surface area contributed by atoms with E-state index in [4.69, 9.17) is 0 Å². The van der Waals surface area contributed by atoms with Crippen LogP contribution >= 0.6 is 0 Å². The van der Waals surface area contributed by atoms with Crippen LogP contribution in [0.5, 0.6) is 0 Å². The predicted molar refractivity (Wildman–Crippen MR) is 88.5 cm³/mol. The molecule has 0 bridgehead atoms. The van der Waals surface area contributed by atoms with Crippen LogP contribution in [0, 0.1) is 6.92 Å². The molecule has 0 saturated carbocycles. The second-order valence-electron chi connectivity index (χ2n) is 5.91. The van der Waals surface area contributed by atoms with Crippen LogP contribution in [0.15, 0.2) is 54.6 Å². The first-order valence-corrected chi connectivity index (χ1v) is 7.89. The van der Waals surface area contributed by atoms with E-state index in [0.29, 0.717) is 6.54 Å². The lowest BCUT2D eigenvalue weighted by atomic mass is 10.0. The average Bonchev–Trinajstić information content (AvgIpc) is 3.03. The topological polar surface area (TPSA) is 32.3 Å². The number of amides is 2. The third kappa shape index (κ3) is 3.30. The van der Waals surface area contributed by atoms with Crippen molar-refractivity contribution in [1.82, 2.24) is 10.2 Å². The van der Waals surface area contributed by atoms with Crippen LogP contribution in [0.25, 0.3) is 0 Å². The van der Waals surface area contributed by atoms with Crippen molar-refractivity contribution < 1.29 is 4.79 Å². The minimum absolute atomic E-state index is 0.0351. The maximum Gasteiger partial charge on any atom is 0.318 e. The number of carbonyl (C=O) groups is 1. The smallest absolute Gasteiger partial charge is 0.318 e. The zero-order valence-electron chi connectivity index (χ0n) is 13.0. The monoisotopic (exact) mass is 294 g/mol. The van der Waals surface area contributed by atoms with E-state index in [0.717, 1.165) is 24.9 Å². The Kier molecular flexibility index (Phi) is 4.42. The Bertz CT molecular complexity index is 639. The van der Waals surface area contributed by atoms with Gasteiger partial charge in [0.05, 0.1) is 6.04 Å². The van der Waals surface area contributed by atoms with Gasteiger partial charge in [-0.3, -0.25) is 0 Å². The number of nitrogens with one attached hydrogen (secondary N) is 1. The summed E-state index contributed by atoms with van der Waals surface area (Å²) in [7, 11) is 0. The van der Waals surface area contributed by atoms with E-state index in [1.165, 1.54) is 11.1 Å².